The van der Waals surface area contributed by atoms with Gasteiger partial charge >= 0.3 is 11.7 Å². The molecule has 2 N–H and O–H groups in total. The predicted octanol–water partition coefficient (Wildman–Crippen LogP) is 1.90. The predicted molar refractivity (Wildman–Crippen MR) is 65.4 cm³/mol. The van der Waals surface area contributed by atoms with Crippen LogP contribution in [0, 0.1) is 16.0 Å². The Morgan fingerprint density at radius 2 is 2.39 bits per heavy atom. The molecule has 0 aliphatic rings. The van der Waals surface area contributed by atoms with Crippen LogP contribution in [-0.4, -0.2) is 27.5 Å². The highest BCUT2D eigenvalue weighted by atomic mass is 16.6. The summed E-state index contributed by atoms with van der Waals surface area (Å²) in [5.41, 5.74) is -0.109. The van der Waals surface area contributed by atoms with Gasteiger partial charge in [0.2, 0.25) is 5.82 Å². The molecule has 7 nitrogen and oxygen atoms in total. The normalized spacial score (nSPS) is 11.8. The fourth-order valence-corrected chi connectivity index (χ4v) is 1.53. The van der Waals surface area contributed by atoms with E-state index in [1.54, 1.807) is 0 Å². The maximum Gasteiger partial charge on any atom is 0.311 e. The van der Waals surface area contributed by atoms with E-state index in [1.165, 1.54) is 18.3 Å². The van der Waals surface area contributed by atoms with Crippen LogP contribution in [0.3, 0.4) is 0 Å². The van der Waals surface area contributed by atoms with E-state index in [0.29, 0.717) is 13.0 Å². The minimum atomic E-state index is -0.876. The smallest absolute Gasteiger partial charge is 0.311 e. The van der Waals surface area contributed by atoms with E-state index in [9.17, 15) is 14.9 Å². The number of nitrogens with zero attached hydrogens (tertiary/aromatic N) is 2. The van der Waals surface area contributed by atoms with Crippen molar-refractivity contribution < 1.29 is 14.8 Å². The maximum absolute atomic E-state index is 10.7. The Morgan fingerprint density at radius 3 is 2.94 bits per heavy atom. The van der Waals surface area contributed by atoms with Crippen LogP contribution in [0.2, 0.25) is 0 Å². The molecule has 98 valence electrons. The van der Waals surface area contributed by atoms with Gasteiger partial charge in [0.25, 0.3) is 0 Å². The highest BCUT2D eigenvalue weighted by Gasteiger charge is 2.16. The minimum absolute atomic E-state index is 0.0319. The third kappa shape index (κ3) is 4.00. The highest BCUT2D eigenvalue weighted by molar-refractivity contribution is 5.67. The van der Waals surface area contributed by atoms with Crippen molar-refractivity contribution in [2.45, 2.75) is 19.8 Å². The molecule has 0 aliphatic heterocycles. The number of aromatic nitrogens is 1. The molecule has 18 heavy (non-hydrogen) atoms. The average Bonchev–Trinajstić information content (AvgIpc) is 2.34. The van der Waals surface area contributed by atoms with Gasteiger partial charge in [0.05, 0.1) is 4.92 Å². The average molecular weight is 253 g/mol. The zero-order valence-electron chi connectivity index (χ0n) is 10.00. The Morgan fingerprint density at radius 1 is 1.67 bits per heavy atom. The van der Waals surface area contributed by atoms with Gasteiger partial charge in [-0.15, -0.1) is 0 Å². The van der Waals surface area contributed by atoms with Gasteiger partial charge in [-0.05, 0) is 12.0 Å². The molecule has 0 saturated carbocycles. The van der Waals surface area contributed by atoms with Gasteiger partial charge in [-0.1, -0.05) is 13.3 Å². The molecular weight excluding hydrogens is 238 g/mol. The molecule has 0 amide bonds. The standard InChI is InChI=1S/C11H15N3O4/c1-2-8(6-10(15)16)7-13-11-9(14(17)18)4-3-5-12-11/h3-5,8H,2,6-7H2,1H3,(H,12,13)(H,15,16). The molecule has 0 spiro atoms. The Bertz CT molecular complexity index is 436. The number of carboxylic acids is 1. The van der Waals surface area contributed by atoms with Gasteiger partial charge in [-0.3, -0.25) is 14.9 Å². The SMILES string of the molecule is CCC(CNc1ncccc1[N+](=O)[O-])CC(=O)O. The Hall–Kier alpha value is -2.18. The Balaban J connectivity index is 2.67. The minimum Gasteiger partial charge on any atom is -0.481 e. The number of carboxylic acid groups (broad SMARTS) is 1. The van der Waals surface area contributed by atoms with Gasteiger partial charge < -0.3 is 10.4 Å². The first kappa shape index (κ1) is 13.9. The molecule has 1 atom stereocenters. The molecule has 0 saturated heterocycles. The zero-order valence-corrected chi connectivity index (χ0v) is 10.00. The second kappa shape index (κ2) is 6.53. The van der Waals surface area contributed by atoms with Crippen molar-refractivity contribution in [1.29, 1.82) is 0 Å². The molecule has 0 fully saturated rings. The van der Waals surface area contributed by atoms with Crippen molar-refractivity contribution in [3.63, 3.8) is 0 Å². The zero-order chi connectivity index (χ0) is 13.5. The molecule has 0 bridgehead atoms. The molecule has 7 heteroatoms. The second-order valence-electron chi connectivity index (χ2n) is 3.88. The van der Waals surface area contributed by atoms with Gasteiger partial charge in [-0.2, -0.15) is 0 Å². The molecular formula is C11H15N3O4. The molecule has 0 aliphatic carbocycles. The molecule has 1 heterocycles. The summed E-state index contributed by atoms with van der Waals surface area (Å²) < 4.78 is 0. The summed E-state index contributed by atoms with van der Waals surface area (Å²) in [5, 5.41) is 22.3. The number of hydrogen-bond acceptors (Lipinski definition) is 5. The van der Waals surface area contributed by atoms with Crippen LogP contribution in [0.1, 0.15) is 19.8 Å². The van der Waals surface area contributed by atoms with Crippen molar-refractivity contribution in [3.8, 4) is 0 Å². The van der Waals surface area contributed by atoms with Crippen LogP contribution >= 0.6 is 0 Å². The molecule has 1 aromatic rings. The van der Waals surface area contributed by atoms with Gasteiger partial charge in [0, 0.05) is 25.2 Å². The summed E-state index contributed by atoms with van der Waals surface area (Å²) in [6.07, 6.45) is 2.16. The van der Waals surface area contributed by atoms with Crippen molar-refractivity contribution in [1.82, 2.24) is 4.98 Å². The van der Waals surface area contributed by atoms with Crippen LogP contribution in [0.25, 0.3) is 0 Å². The summed E-state index contributed by atoms with van der Waals surface area (Å²) in [6, 6.07) is 2.84. The fourth-order valence-electron chi connectivity index (χ4n) is 1.53. The Kier molecular flexibility index (Phi) is 5.04. The molecule has 0 aromatic carbocycles. The summed E-state index contributed by atoms with van der Waals surface area (Å²) in [7, 11) is 0. The summed E-state index contributed by atoms with van der Waals surface area (Å²) in [5.74, 6) is -0.783. The lowest BCUT2D eigenvalue weighted by Gasteiger charge is -2.13. The van der Waals surface area contributed by atoms with E-state index in [2.05, 4.69) is 10.3 Å². The first-order valence-electron chi connectivity index (χ1n) is 5.59. The summed E-state index contributed by atoms with van der Waals surface area (Å²) in [6.45, 7) is 2.22. The van der Waals surface area contributed by atoms with Crippen LogP contribution in [0.15, 0.2) is 18.3 Å². The quantitative estimate of drug-likeness (QED) is 0.568. The maximum atomic E-state index is 10.7. The van der Waals surface area contributed by atoms with Crippen LogP contribution in [-0.2, 0) is 4.79 Å². The number of carbonyl (C=O) groups is 1. The molecule has 1 unspecified atom stereocenters. The number of nitrogens with one attached hydrogen (secondary N) is 1. The van der Waals surface area contributed by atoms with Crippen LogP contribution in [0.4, 0.5) is 11.5 Å². The molecule has 1 rings (SSSR count). The van der Waals surface area contributed by atoms with Crippen LogP contribution < -0.4 is 5.32 Å². The van der Waals surface area contributed by atoms with Gasteiger partial charge in [-0.25, -0.2) is 4.98 Å². The number of anilines is 1. The third-order valence-corrected chi connectivity index (χ3v) is 2.58. The summed E-state index contributed by atoms with van der Waals surface area (Å²) in [4.78, 5) is 24.7. The summed E-state index contributed by atoms with van der Waals surface area (Å²) >= 11 is 0. The van der Waals surface area contributed by atoms with E-state index < -0.39 is 10.9 Å². The third-order valence-electron chi connectivity index (χ3n) is 2.58. The number of nitro groups is 1. The molecule has 1 aromatic heterocycles. The first-order chi connectivity index (χ1) is 8.54. The second-order valence-corrected chi connectivity index (χ2v) is 3.88. The van der Waals surface area contributed by atoms with Gasteiger partial charge in [0.15, 0.2) is 0 Å². The Labute approximate surface area is 104 Å². The lowest BCUT2D eigenvalue weighted by atomic mass is 10.0. The first-order valence-corrected chi connectivity index (χ1v) is 5.59. The van der Waals surface area contributed by atoms with E-state index >= 15 is 0 Å². The fraction of sp³-hybridized carbons (Fsp3) is 0.455. The monoisotopic (exact) mass is 253 g/mol. The lowest BCUT2D eigenvalue weighted by molar-refractivity contribution is -0.384. The van der Waals surface area contributed by atoms with Gasteiger partial charge in [0.1, 0.15) is 0 Å². The van der Waals surface area contributed by atoms with Crippen molar-refractivity contribution >= 4 is 17.5 Å². The highest BCUT2D eigenvalue weighted by Crippen LogP contribution is 2.21. The molecule has 0 radical (unpaired) electrons. The number of rotatable bonds is 7. The number of aliphatic carboxylic acids is 1. The van der Waals surface area contributed by atoms with Crippen molar-refractivity contribution in [2.75, 3.05) is 11.9 Å². The number of hydrogen-bond donors (Lipinski definition) is 2. The van der Waals surface area contributed by atoms with Crippen molar-refractivity contribution in [2.24, 2.45) is 5.92 Å². The van der Waals surface area contributed by atoms with Crippen LogP contribution in [0.5, 0.6) is 0 Å². The van der Waals surface area contributed by atoms with E-state index in [4.69, 9.17) is 5.11 Å². The lowest BCUT2D eigenvalue weighted by Crippen LogP contribution is -2.18. The largest absolute Gasteiger partial charge is 0.481 e. The number of pyridine rings is 1. The topological polar surface area (TPSA) is 105 Å². The van der Waals surface area contributed by atoms with E-state index in [0.717, 1.165) is 0 Å². The van der Waals surface area contributed by atoms with Crippen molar-refractivity contribution in [3.05, 3.63) is 28.4 Å². The van der Waals surface area contributed by atoms with E-state index in [-0.39, 0.29) is 23.8 Å². The van der Waals surface area contributed by atoms with E-state index in [1.807, 2.05) is 6.92 Å².